The third-order valence-electron chi connectivity index (χ3n) is 4.89. The van der Waals surface area contributed by atoms with Gasteiger partial charge in [0.25, 0.3) is 5.91 Å². The van der Waals surface area contributed by atoms with E-state index in [2.05, 4.69) is 0 Å². The fraction of sp³-hybridized carbons (Fsp3) is 0.240. The topological polar surface area (TPSA) is 63.7 Å². The van der Waals surface area contributed by atoms with E-state index < -0.39 is 26.8 Å². The molecule has 0 saturated carbocycles. The molecule has 3 aromatic rings. The minimum absolute atomic E-state index is 0.0802. The van der Waals surface area contributed by atoms with E-state index in [1.165, 1.54) is 12.1 Å². The highest BCUT2D eigenvalue weighted by molar-refractivity contribution is 7.87. The van der Waals surface area contributed by atoms with Gasteiger partial charge in [-0.2, -0.15) is 21.6 Å². The van der Waals surface area contributed by atoms with Crippen LogP contribution in [0.25, 0.3) is 0 Å². The van der Waals surface area contributed by atoms with Crippen LogP contribution in [0, 0.1) is 5.92 Å². The molecule has 0 atom stereocenters. The Labute approximate surface area is 207 Å². The van der Waals surface area contributed by atoms with Gasteiger partial charge in [0, 0.05) is 23.7 Å². The van der Waals surface area contributed by atoms with Crippen LogP contribution in [0.4, 0.5) is 13.2 Å². The molecular weight excluding hydrogens is 503 g/mol. The molecule has 0 spiro atoms. The highest BCUT2D eigenvalue weighted by Gasteiger charge is 2.32. The summed E-state index contributed by atoms with van der Waals surface area (Å²) in [6.45, 7) is 4.53. The molecule has 0 N–H and O–H groups in total. The van der Waals surface area contributed by atoms with Crippen molar-refractivity contribution in [1.29, 1.82) is 0 Å². The molecule has 0 aliphatic rings. The number of amides is 1. The third kappa shape index (κ3) is 7.22. The Morgan fingerprint density at radius 2 is 1.66 bits per heavy atom. The van der Waals surface area contributed by atoms with Gasteiger partial charge in [-0.1, -0.05) is 43.6 Å². The van der Waals surface area contributed by atoms with Crippen molar-refractivity contribution in [2.75, 3.05) is 6.54 Å². The molecule has 0 aliphatic heterocycles. The molecule has 0 aliphatic carbocycles. The van der Waals surface area contributed by atoms with Gasteiger partial charge in [-0.3, -0.25) is 4.79 Å². The molecule has 0 heterocycles. The van der Waals surface area contributed by atoms with Crippen LogP contribution in [-0.2, 0) is 22.8 Å². The molecule has 186 valence electrons. The quantitative estimate of drug-likeness (QED) is 0.318. The number of hydrogen-bond acceptors (Lipinski definition) is 4. The summed E-state index contributed by atoms with van der Waals surface area (Å²) < 4.78 is 69.3. The summed E-state index contributed by atoms with van der Waals surface area (Å²) in [5.41, 5.74) is -0.0553. The highest BCUT2D eigenvalue weighted by Crippen LogP contribution is 2.31. The number of carbonyl (C=O) groups excluding carboxylic acids is 1. The Morgan fingerprint density at radius 1 is 1.00 bits per heavy atom. The fourth-order valence-corrected chi connectivity index (χ4v) is 4.45. The van der Waals surface area contributed by atoms with Gasteiger partial charge in [0.05, 0.1) is 5.56 Å². The largest absolute Gasteiger partial charge is 0.416 e. The van der Waals surface area contributed by atoms with Crippen LogP contribution in [0.3, 0.4) is 0 Å². The summed E-state index contributed by atoms with van der Waals surface area (Å²) in [5.74, 6) is -0.145. The number of nitrogens with zero attached hydrogens (tertiary/aromatic N) is 1. The fourth-order valence-electron chi connectivity index (χ4n) is 3.35. The zero-order valence-electron chi connectivity index (χ0n) is 18.9. The lowest BCUT2D eigenvalue weighted by Crippen LogP contribution is -2.33. The number of benzene rings is 3. The van der Waals surface area contributed by atoms with Crippen molar-refractivity contribution < 1.29 is 30.6 Å². The zero-order valence-corrected chi connectivity index (χ0v) is 20.5. The Morgan fingerprint density at radius 3 is 2.29 bits per heavy atom. The van der Waals surface area contributed by atoms with E-state index in [4.69, 9.17) is 15.8 Å². The lowest BCUT2D eigenvalue weighted by Gasteiger charge is -2.25. The maximum atomic E-state index is 13.1. The molecule has 3 aromatic carbocycles. The molecule has 0 unspecified atom stereocenters. The Hall–Kier alpha value is -3.04. The standard InChI is InChI=1S/C25H23ClF3NO4S/c1-17(2)15-30(24(31)19-9-11-21(26)12-10-19)16-18-5-3-7-22(13-18)34-35(32,33)23-8-4-6-20(14-23)25(27,28)29/h3-14,17H,15-16H2,1-2H3. The lowest BCUT2D eigenvalue weighted by molar-refractivity contribution is -0.137. The number of alkyl halides is 3. The highest BCUT2D eigenvalue weighted by atomic mass is 35.5. The average molecular weight is 526 g/mol. The molecule has 0 fully saturated rings. The van der Waals surface area contributed by atoms with Crippen molar-refractivity contribution in [2.24, 2.45) is 5.92 Å². The SMILES string of the molecule is CC(C)CN(Cc1cccc(OS(=O)(=O)c2cccc(C(F)(F)F)c2)c1)C(=O)c1ccc(Cl)cc1. The number of rotatable bonds is 8. The molecular formula is C25H23ClF3NO4S. The van der Waals surface area contributed by atoms with Gasteiger partial charge in [0.15, 0.2) is 0 Å². The van der Waals surface area contributed by atoms with Crippen molar-refractivity contribution in [1.82, 2.24) is 4.90 Å². The normalized spacial score (nSPS) is 12.0. The first-order valence-electron chi connectivity index (χ1n) is 10.6. The smallest absolute Gasteiger partial charge is 0.379 e. The van der Waals surface area contributed by atoms with Crippen LogP contribution < -0.4 is 4.18 Å². The first-order valence-corrected chi connectivity index (χ1v) is 12.4. The van der Waals surface area contributed by atoms with Crippen LogP contribution in [0.1, 0.15) is 35.3 Å². The summed E-state index contributed by atoms with van der Waals surface area (Å²) >= 11 is 5.91. The monoisotopic (exact) mass is 525 g/mol. The molecule has 35 heavy (non-hydrogen) atoms. The molecule has 5 nitrogen and oxygen atoms in total. The van der Waals surface area contributed by atoms with Gasteiger partial charge < -0.3 is 9.08 Å². The van der Waals surface area contributed by atoms with Gasteiger partial charge >= 0.3 is 16.3 Å². The number of hydrogen-bond donors (Lipinski definition) is 0. The van der Waals surface area contributed by atoms with Gasteiger partial charge in [-0.05, 0) is 66.1 Å². The number of carbonyl (C=O) groups is 1. The molecule has 10 heteroatoms. The van der Waals surface area contributed by atoms with Gasteiger partial charge in [-0.25, -0.2) is 0 Å². The van der Waals surface area contributed by atoms with Crippen molar-refractivity contribution in [2.45, 2.75) is 31.5 Å². The Balaban J connectivity index is 1.83. The zero-order chi connectivity index (χ0) is 25.8. The summed E-state index contributed by atoms with van der Waals surface area (Å²) in [6.07, 6.45) is -4.69. The summed E-state index contributed by atoms with van der Waals surface area (Å²) in [5, 5.41) is 0.504. The van der Waals surface area contributed by atoms with Crippen LogP contribution in [-0.4, -0.2) is 25.8 Å². The molecule has 3 rings (SSSR count). The van der Waals surface area contributed by atoms with E-state index in [1.807, 2.05) is 13.8 Å². The van der Waals surface area contributed by atoms with Gasteiger partial charge in [-0.15, -0.1) is 0 Å². The Bertz CT molecular complexity index is 1290. The maximum absolute atomic E-state index is 13.1. The molecule has 0 saturated heterocycles. The second-order valence-corrected chi connectivity index (χ2v) is 10.3. The van der Waals surface area contributed by atoms with Crippen LogP contribution in [0.2, 0.25) is 5.02 Å². The van der Waals surface area contributed by atoms with Crippen molar-refractivity contribution in [3.8, 4) is 5.75 Å². The summed E-state index contributed by atoms with van der Waals surface area (Å²) in [4.78, 5) is 14.1. The molecule has 0 aromatic heterocycles. The van der Waals surface area contributed by atoms with Crippen molar-refractivity contribution >= 4 is 27.6 Å². The van der Waals surface area contributed by atoms with E-state index in [9.17, 15) is 26.4 Å². The Kier molecular flexibility index (Phi) is 8.12. The van der Waals surface area contributed by atoms with Gasteiger partial charge in [0.1, 0.15) is 10.6 Å². The predicted octanol–water partition coefficient (Wildman–Crippen LogP) is 6.42. The van der Waals surface area contributed by atoms with E-state index in [0.717, 1.165) is 18.2 Å². The molecule has 0 bridgehead atoms. The number of halogens is 4. The van der Waals surface area contributed by atoms with Crippen LogP contribution in [0.15, 0.2) is 77.7 Å². The van der Waals surface area contributed by atoms with E-state index in [-0.39, 0.29) is 24.1 Å². The lowest BCUT2D eigenvalue weighted by atomic mass is 10.1. The van der Waals surface area contributed by atoms with Crippen molar-refractivity contribution in [3.05, 3.63) is 94.5 Å². The average Bonchev–Trinajstić information content (AvgIpc) is 2.78. The van der Waals surface area contributed by atoms with Crippen molar-refractivity contribution in [3.63, 3.8) is 0 Å². The van der Waals surface area contributed by atoms with Crippen LogP contribution in [0.5, 0.6) is 5.75 Å². The maximum Gasteiger partial charge on any atom is 0.416 e. The first-order chi connectivity index (χ1) is 16.3. The summed E-state index contributed by atoms with van der Waals surface area (Å²) in [7, 11) is -4.52. The predicted molar refractivity (Wildman–Crippen MR) is 127 cm³/mol. The first kappa shape index (κ1) is 26.6. The third-order valence-corrected chi connectivity index (χ3v) is 6.39. The van der Waals surface area contributed by atoms with E-state index >= 15 is 0 Å². The molecule has 1 amide bonds. The van der Waals surface area contributed by atoms with E-state index in [1.54, 1.807) is 41.3 Å². The van der Waals surface area contributed by atoms with Crippen LogP contribution >= 0.6 is 11.6 Å². The van der Waals surface area contributed by atoms with Gasteiger partial charge in [0.2, 0.25) is 0 Å². The second kappa shape index (κ2) is 10.7. The molecule has 0 radical (unpaired) electrons. The minimum Gasteiger partial charge on any atom is -0.379 e. The second-order valence-electron chi connectivity index (χ2n) is 8.30. The summed E-state index contributed by atoms with van der Waals surface area (Å²) in [6, 6.07) is 15.9. The van der Waals surface area contributed by atoms with E-state index in [0.29, 0.717) is 28.8 Å². The minimum atomic E-state index is -4.69.